The van der Waals surface area contributed by atoms with Crippen molar-refractivity contribution in [1.29, 1.82) is 0 Å². The maximum absolute atomic E-state index is 12.5. The molecule has 2 aromatic carbocycles. The number of nitrogens with zero attached hydrogens (tertiary/aromatic N) is 1. The van der Waals surface area contributed by atoms with Crippen molar-refractivity contribution in [3.8, 4) is 0 Å². The summed E-state index contributed by atoms with van der Waals surface area (Å²) < 4.78 is 0. The van der Waals surface area contributed by atoms with Crippen molar-refractivity contribution < 1.29 is 14.4 Å². The summed E-state index contributed by atoms with van der Waals surface area (Å²) in [5.41, 5.74) is 4.02. The van der Waals surface area contributed by atoms with Gasteiger partial charge < -0.3 is 4.90 Å². The summed E-state index contributed by atoms with van der Waals surface area (Å²) in [7, 11) is 0. The molecule has 5 nitrogen and oxygen atoms in total. The van der Waals surface area contributed by atoms with E-state index >= 15 is 0 Å². The number of carbonyl (C=O) groups excluding carboxylic acids is 2. The average Bonchev–Trinajstić information content (AvgIpc) is 3.12. The van der Waals surface area contributed by atoms with Crippen molar-refractivity contribution in [2.45, 2.75) is 12.6 Å². The molecule has 124 valence electrons. The van der Waals surface area contributed by atoms with Crippen molar-refractivity contribution >= 4 is 23.6 Å². The zero-order valence-corrected chi connectivity index (χ0v) is 13.9. The van der Waals surface area contributed by atoms with Gasteiger partial charge in [-0.25, -0.2) is 5.48 Å². The van der Waals surface area contributed by atoms with Crippen LogP contribution in [0, 0.1) is 0 Å². The van der Waals surface area contributed by atoms with Crippen LogP contribution in [0.3, 0.4) is 0 Å². The first-order chi connectivity index (χ1) is 11.8. The van der Waals surface area contributed by atoms with Gasteiger partial charge in [0.1, 0.15) is 6.04 Å². The number of carbonyl (C=O) groups is 2. The Morgan fingerprint density at radius 2 is 1.75 bits per heavy atom. The molecular formula is C18H18N2O3S. The molecule has 1 N–H and O–H groups in total. The molecule has 0 radical (unpaired) electrons. The molecule has 1 atom stereocenters. The number of thioether (sulfide) groups is 1. The molecule has 2 aromatic rings. The summed E-state index contributed by atoms with van der Waals surface area (Å²) >= 11 is 1.56. The lowest BCUT2D eigenvalue weighted by Gasteiger charge is -2.22. The number of rotatable bonds is 5. The van der Waals surface area contributed by atoms with Gasteiger partial charge in [0.25, 0.3) is 11.8 Å². The Hall–Kier alpha value is -2.31. The molecule has 1 saturated heterocycles. The van der Waals surface area contributed by atoms with Gasteiger partial charge in [-0.2, -0.15) is 0 Å². The first-order valence-electron chi connectivity index (χ1n) is 7.65. The standard InChI is InChI=1S/C18H18N2O3S/c21-17(19-23-11-14-7-3-1-4-8-14)16-12-24-13-20(16)18(22)15-9-5-2-6-10-15/h1-10,16H,11-13H2,(H,19,21). The van der Waals surface area contributed by atoms with Crippen LogP contribution in [0.15, 0.2) is 60.7 Å². The molecule has 1 unspecified atom stereocenters. The van der Waals surface area contributed by atoms with Crippen LogP contribution < -0.4 is 5.48 Å². The maximum Gasteiger partial charge on any atom is 0.267 e. The third kappa shape index (κ3) is 3.96. The number of nitrogens with one attached hydrogen (secondary N) is 1. The van der Waals surface area contributed by atoms with E-state index in [0.29, 0.717) is 23.8 Å². The van der Waals surface area contributed by atoms with Crippen LogP contribution in [-0.2, 0) is 16.2 Å². The van der Waals surface area contributed by atoms with E-state index in [2.05, 4.69) is 5.48 Å². The minimum atomic E-state index is -0.515. The van der Waals surface area contributed by atoms with Crippen LogP contribution in [0.2, 0.25) is 0 Å². The van der Waals surface area contributed by atoms with Crippen LogP contribution >= 0.6 is 11.8 Å². The van der Waals surface area contributed by atoms with Crippen molar-refractivity contribution in [1.82, 2.24) is 10.4 Å². The lowest BCUT2D eigenvalue weighted by molar-refractivity contribution is -0.138. The Balaban J connectivity index is 1.56. The van der Waals surface area contributed by atoms with Gasteiger partial charge in [-0.1, -0.05) is 48.5 Å². The SMILES string of the molecule is O=C(NOCc1ccccc1)C1CSCN1C(=O)c1ccccc1. The fraction of sp³-hybridized carbons (Fsp3) is 0.222. The molecule has 1 fully saturated rings. The summed E-state index contributed by atoms with van der Waals surface area (Å²) in [6.07, 6.45) is 0. The Bertz CT molecular complexity index is 694. The molecule has 2 amide bonds. The van der Waals surface area contributed by atoms with Gasteiger partial charge in [0.2, 0.25) is 0 Å². The molecule has 1 heterocycles. The predicted molar refractivity (Wildman–Crippen MR) is 93.1 cm³/mol. The highest BCUT2D eigenvalue weighted by atomic mass is 32.2. The van der Waals surface area contributed by atoms with Gasteiger partial charge in [0.05, 0.1) is 12.5 Å². The molecular weight excluding hydrogens is 324 g/mol. The third-order valence-corrected chi connectivity index (χ3v) is 4.73. The molecule has 24 heavy (non-hydrogen) atoms. The minimum Gasteiger partial charge on any atom is -0.316 e. The van der Waals surface area contributed by atoms with Gasteiger partial charge in [-0.3, -0.25) is 14.4 Å². The van der Waals surface area contributed by atoms with E-state index in [0.717, 1.165) is 5.56 Å². The normalized spacial score (nSPS) is 16.8. The monoisotopic (exact) mass is 342 g/mol. The van der Waals surface area contributed by atoms with Crippen LogP contribution in [0.25, 0.3) is 0 Å². The highest BCUT2D eigenvalue weighted by Crippen LogP contribution is 2.23. The van der Waals surface area contributed by atoms with Crippen LogP contribution in [0.1, 0.15) is 15.9 Å². The fourth-order valence-corrected chi connectivity index (χ4v) is 3.59. The number of hydrogen-bond acceptors (Lipinski definition) is 4. The Labute approximate surface area is 144 Å². The van der Waals surface area contributed by atoms with Gasteiger partial charge in [0.15, 0.2) is 0 Å². The summed E-state index contributed by atoms with van der Waals surface area (Å²) in [5.74, 6) is 0.646. The van der Waals surface area contributed by atoms with E-state index in [1.54, 1.807) is 28.8 Å². The van der Waals surface area contributed by atoms with Crippen LogP contribution in [0.4, 0.5) is 0 Å². The first-order valence-corrected chi connectivity index (χ1v) is 8.80. The van der Waals surface area contributed by atoms with Crippen LogP contribution in [0.5, 0.6) is 0 Å². The molecule has 3 rings (SSSR count). The highest BCUT2D eigenvalue weighted by Gasteiger charge is 2.35. The lowest BCUT2D eigenvalue weighted by Crippen LogP contribution is -2.47. The molecule has 0 aliphatic carbocycles. The third-order valence-electron chi connectivity index (χ3n) is 3.72. The van der Waals surface area contributed by atoms with Crippen molar-refractivity contribution in [3.05, 3.63) is 71.8 Å². The second-order valence-corrected chi connectivity index (χ2v) is 6.40. The van der Waals surface area contributed by atoms with E-state index in [1.165, 1.54) is 0 Å². The smallest absolute Gasteiger partial charge is 0.267 e. The number of amides is 2. The summed E-state index contributed by atoms with van der Waals surface area (Å²) in [6.45, 7) is 0.291. The van der Waals surface area contributed by atoms with Crippen molar-refractivity contribution in [3.63, 3.8) is 0 Å². The lowest BCUT2D eigenvalue weighted by atomic mass is 10.2. The van der Waals surface area contributed by atoms with Gasteiger partial charge in [0, 0.05) is 11.3 Å². The van der Waals surface area contributed by atoms with Gasteiger partial charge in [-0.15, -0.1) is 11.8 Å². The van der Waals surface area contributed by atoms with E-state index in [-0.39, 0.29) is 11.8 Å². The summed E-state index contributed by atoms with van der Waals surface area (Å²) in [6, 6.07) is 18.1. The summed E-state index contributed by atoms with van der Waals surface area (Å²) in [4.78, 5) is 31.8. The molecule has 0 spiro atoms. The van der Waals surface area contributed by atoms with E-state index in [9.17, 15) is 9.59 Å². The van der Waals surface area contributed by atoms with E-state index < -0.39 is 6.04 Å². The molecule has 0 bridgehead atoms. The summed E-state index contributed by atoms with van der Waals surface area (Å²) in [5, 5.41) is 0. The van der Waals surface area contributed by atoms with Crippen LogP contribution in [-0.4, -0.2) is 34.4 Å². The number of benzene rings is 2. The number of hydrogen-bond donors (Lipinski definition) is 1. The average molecular weight is 342 g/mol. The topological polar surface area (TPSA) is 58.6 Å². The van der Waals surface area contributed by atoms with Crippen molar-refractivity contribution in [2.24, 2.45) is 0 Å². The van der Waals surface area contributed by atoms with Crippen molar-refractivity contribution in [2.75, 3.05) is 11.6 Å². The largest absolute Gasteiger partial charge is 0.316 e. The quantitative estimate of drug-likeness (QED) is 0.848. The zero-order chi connectivity index (χ0) is 16.8. The predicted octanol–water partition coefficient (Wildman–Crippen LogP) is 2.45. The van der Waals surface area contributed by atoms with Gasteiger partial charge >= 0.3 is 0 Å². The molecule has 1 aliphatic heterocycles. The molecule has 0 aromatic heterocycles. The molecule has 1 aliphatic rings. The van der Waals surface area contributed by atoms with E-state index in [4.69, 9.17) is 4.84 Å². The second kappa shape index (κ2) is 7.99. The first kappa shape index (κ1) is 16.5. The molecule has 6 heteroatoms. The fourth-order valence-electron chi connectivity index (χ4n) is 2.44. The van der Waals surface area contributed by atoms with Gasteiger partial charge in [-0.05, 0) is 17.7 Å². The number of hydroxylamine groups is 1. The Morgan fingerprint density at radius 3 is 2.46 bits per heavy atom. The van der Waals surface area contributed by atoms with E-state index in [1.807, 2.05) is 48.5 Å². The zero-order valence-electron chi connectivity index (χ0n) is 13.1. The minimum absolute atomic E-state index is 0.135. The highest BCUT2D eigenvalue weighted by molar-refractivity contribution is 7.99. The second-order valence-electron chi connectivity index (χ2n) is 5.40. The molecule has 0 saturated carbocycles. The Morgan fingerprint density at radius 1 is 1.08 bits per heavy atom. The maximum atomic E-state index is 12.5. The Kier molecular flexibility index (Phi) is 5.51.